The standard InChI is InChI=1S/C28H22FN5O/c1-19-7-2-4-9-24(29)27(19)34-28(35)23-18-32(25-10-5-3-8-22(25)26(23)31-34)17-20-11-13-21(14-12-20)33-16-6-15-30-33/h2-3,5-16,18H,4,17H2,1H3. The molecule has 2 aliphatic heterocycles. The lowest BCUT2D eigenvalue weighted by atomic mass is 10.1. The minimum absolute atomic E-state index is 0.199. The molecule has 0 radical (unpaired) electrons. The highest BCUT2D eigenvalue weighted by Gasteiger charge is 2.24. The molecule has 0 unspecified atom stereocenters. The molecule has 0 amide bonds. The molecule has 0 saturated heterocycles. The molecule has 0 N–H and O–H groups in total. The zero-order valence-electron chi connectivity index (χ0n) is 19.1. The average Bonchev–Trinajstić information content (AvgIpc) is 3.48. The molecule has 0 atom stereocenters. The molecule has 1 aromatic heterocycles. The predicted molar refractivity (Wildman–Crippen MR) is 135 cm³/mol. The van der Waals surface area contributed by atoms with E-state index in [-0.39, 0.29) is 11.3 Å². The Hall–Kier alpha value is -4.52. The number of pyridine rings is 1. The van der Waals surface area contributed by atoms with Crippen molar-refractivity contribution in [2.75, 3.05) is 0 Å². The van der Waals surface area contributed by atoms with E-state index >= 15 is 0 Å². The largest absolute Gasteiger partial charge is 0.342 e. The van der Waals surface area contributed by atoms with Gasteiger partial charge >= 0.3 is 0 Å². The zero-order chi connectivity index (χ0) is 23.9. The Morgan fingerprint density at radius 2 is 1.89 bits per heavy atom. The van der Waals surface area contributed by atoms with Crippen molar-refractivity contribution in [3.8, 4) is 16.9 Å². The van der Waals surface area contributed by atoms with Crippen LogP contribution in [0.3, 0.4) is 0 Å². The van der Waals surface area contributed by atoms with Crippen LogP contribution in [-0.4, -0.2) is 24.1 Å². The number of benzene rings is 2. The van der Waals surface area contributed by atoms with E-state index in [9.17, 15) is 9.18 Å². The predicted octanol–water partition coefficient (Wildman–Crippen LogP) is 5.58. The van der Waals surface area contributed by atoms with Crippen LogP contribution in [-0.2, 0) is 6.54 Å². The van der Waals surface area contributed by atoms with Crippen molar-refractivity contribution in [1.82, 2.24) is 24.1 Å². The van der Waals surface area contributed by atoms with Crippen LogP contribution >= 0.6 is 0 Å². The Morgan fingerprint density at radius 3 is 2.69 bits per heavy atom. The van der Waals surface area contributed by atoms with Gasteiger partial charge in [0.05, 0.1) is 16.8 Å². The third kappa shape index (κ3) is 3.61. The molecule has 0 bridgehead atoms. The van der Waals surface area contributed by atoms with Gasteiger partial charge in [0, 0.05) is 30.5 Å². The van der Waals surface area contributed by atoms with Gasteiger partial charge in [-0.1, -0.05) is 42.5 Å². The number of aromatic nitrogens is 5. The average molecular weight is 464 g/mol. The lowest BCUT2D eigenvalue weighted by Crippen LogP contribution is -2.17. The summed E-state index contributed by atoms with van der Waals surface area (Å²) in [5.74, 6) is -0.438. The van der Waals surface area contributed by atoms with E-state index in [1.807, 2.05) is 71.7 Å². The fourth-order valence-corrected chi connectivity index (χ4v) is 4.58. The van der Waals surface area contributed by atoms with E-state index in [4.69, 9.17) is 0 Å². The second-order valence-corrected chi connectivity index (χ2v) is 8.59. The molecule has 3 aromatic rings. The number of fused-ring (bicyclic) bond motifs is 3. The third-order valence-corrected chi connectivity index (χ3v) is 6.30. The second-order valence-electron chi connectivity index (χ2n) is 8.59. The van der Waals surface area contributed by atoms with Gasteiger partial charge in [0.15, 0.2) is 0 Å². The normalized spacial score (nSPS) is 14.1. The molecule has 3 heterocycles. The minimum Gasteiger partial charge on any atom is -0.342 e. The summed E-state index contributed by atoms with van der Waals surface area (Å²) in [5.41, 5.74) is 4.56. The van der Waals surface area contributed by atoms with E-state index in [1.165, 1.54) is 10.8 Å². The molecule has 0 saturated carbocycles. The summed E-state index contributed by atoms with van der Waals surface area (Å²) in [6.07, 6.45) is 11.1. The molecule has 0 fully saturated rings. The van der Waals surface area contributed by atoms with Crippen molar-refractivity contribution in [2.24, 2.45) is 0 Å². The van der Waals surface area contributed by atoms with Crippen molar-refractivity contribution < 1.29 is 4.39 Å². The summed E-state index contributed by atoms with van der Waals surface area (Å²) in [5, 5.41) is 9.72. The summed E-state index contributed by atoms with van der Waals surface area (Å²) in [6, 6.07) is 17.9. The molecule has 2 aromatic carbocycles. The molecule has 35 heavy (non-hydrogen) atoms. The molecular weight excluding hydrogens is 441 g/mol. The maximum atomic E-state index is 14.9. The van der Waals surface area contributed by atoms with E-state index in [0.717, 1.165) is 22.2 Å². The minimum atomic E-state index is -0.438. The van der Waals surface area contributed by atoms with Gasteiger partial charge in [0.2, 0.25) is 0 Å². The van der Waals surface area contributed by atoms with Crippen LogP contribution in [0.15, 0.2) is 108 Å². The Morgan fingerprint density at radius 1 is 1.06 bits per heavy atom. The van der Waals surface area contributed by atoms with E-state index in [1.54, 1.807) is 13.1 Å². The van der Waals surface area contributed by atoms with Gasteiger partial charge in [-0.3, -0.25) is 4.79 Å². The topological polar surface area (TPSA) is 57.6 Å². The number of para-hydroxylation sites is 1. The lowest BCUT2D eigenvalue weighted by molar-refractivity contribution is 0.647. The number of hydrogen-bond donors (Lipinski definition) is 0. The van der Waals surface area contributed by atoms with Crippen LogP contribution in [0.4, 0.5) is 4.39 Å². The number of halogens is 1. The highest BCUT2D eigenvalue weighted by Crippen LogP contribution is 2.31. The van der Waals surface area contributed by atoms with Crippen molar-refractivity contribution in [3.63, 3.8) is 0 Å². The first-order valence-electron chi connectivity index (χ1n) is 11.4. The number of nitrogens with zero attached hydrogens (tertiary/aromatic N) is 5. The van der Waals surface area contributed by atoms with Crippen molar-refractivity contribution in [1.29, 1.82) is 0 Å². The lowest BCUT2D eigenvalue weighted by Gasteiger charge is -2.14. The molecule has 0 spiro atoms. The molecule has 6 rings (SSSR count). The first-order chi connectivity index (χ1) is 17.1. The van der Waals surface area contributed by atoms with E-state index < -0.39 is 5.83 Å². The first kappa shape index (κ1) is 21.0. The Balaban J connectivity index is 1.49. The number of rotatable bonds is 4. The van der Waals surface area contributed by atoms with Gasteiger partial charge in [-0.15, -0.1) is 0 Å². The fourth-order valence-electron chi connectivity index (χ4n) is 4.58. The second kappa shape index (κ2) is 8.36. The Bertz CT molecular complexity index is 1670. The van der Waals surface area contributed by atoms with E-state index in [2.05, 4.69) is 26.9 Å². The monoisotopic (exact) mass is 463 g/mol. The van der Waals surface area contributed by atoms with Gasteiger partial charge in [-0.05, 0) is 54.8 Å². The van der Waals surface area contributed by atoms with Gasteiger partial charge in [0.25, 0.3) is 5.56 Å². The molecule has 1 aliphatic carbocycles. The van der Waals surface area contributed by atoms with Gasteiger partial charge in [0.1, 0.15) is 17.2 Å². The number of allylic oxidation sites excluding steroid dienone is 6. The summed E-state index contributed by atoms with van der Waals surface area (Å²) >= 11 is 0. The van der Waals surface area contributed by atoms with Crippen LogP contribution in [0.1, 0.15) is 18.9 Å². The maximum Gasteiger partial charge on any atom is 0.282 e. The summed E-state index contributed by atoms with van der Waals surface area (Å²) in [4.78, 5) is 13.5. The van der Waals surface area contributed by atoms with Crippen LogP contribution in [0.2, 0.25) is 0 Å². The molecule has 172 valence electrons. The maximum absolute atomic E-state index is 14.9. The summed E-state index contributed by atoms with van der Waals surface area (Å²) in [6.45, 7) is 2.36. The highest BCUT2D eigenvalue weighted by atomic mass is 19.1. The molecule has 7 heteroatoms. The van der Waals surface area contributed by atoms with Crippen LogP contribution in [0.25, 0.3) is 33.5 Å². The highest BCUT2D eigenvalue weighted by molar-refractivity contribution is 5.94. The number of hydrogen-bond acceptors (Lipinski definition) is 3. The van der Waals surface area contributed by atoms with Gasteiger partial charge in [-0.25, -0.2) is 9.07 Å². The van der Waals surface area contributed by atoms with Gasteiger partial charge in [-0.2, -0.15) is 14.9 Å². The van der Waals surface area contributed by atoms with E-state index in [0.29, 0.717) is 29.8 Å². The first-order valence-corrected chi connectivity index (χ1v) is 11.4. The third-order valence-electron chi connectivity index (χ3n) is 6.30. The molecular formula is C28H22FN5O. The van der Waals surface area contributed by atoms with Gasteiger partial charge < -0.3 is 4.57 Å². The Kier molecular flexibility index (Phi) is 5.03. The van der Waals surface area contributed by atoms with Crippen LogP contribution < -0.4 is 5.56 Å². The fraction of sp³-hybridized carbons (Fsp3) is 0.107. The smallest absolute Gasteiger partial charge is 0.282 e. The zero-order valence-corrected chi connectivity index (χ0v) is 19.1. The summed E-state index contributed by atoms with van der Waals surface area (Å²) in [7, 11) is 0. The Labute approximate surface area is 200 Å². The van der Waals surface area contributed by atoms with Crippen LogP contribution in [0, 0.1) is 0 Å². The summed E-state index contributed by atoms with van der Waals surface area (Å²) < 4.78 is 20.0. The quantitative estimate of drug-likeness (QED) is 0.350. The van der Waals surface area contributed by atoms with Crippen molar-refractivity contribution >= 4 is 16.6 Å². The van der Waals surface area contributed by atoms with Crippen molar-refractivity contribution in [2.45, 2.75) is 19.9 Å². The van der Waals surface area contributed by atoms with Crippen molar-refractivity contribution in [3.05, 3.63) is 119 Å². The van der Waals surface area contributed by atoms with Crippen LogP contribution in [0.5, 0.6) is 0 Å². The SMILES string of the molecule is CC1=C(n2nc3c4ccccc4n(Cc4ccc(-n5cccn5)cc4)cc-3c2=O)C(F)=CCC=C1. The molecule has 6 nitrogen and oxygen atoms in total. The molecule has 3 aliphatic rings.